The fourth-order valence-corrected chi connectivity index (χ4v) is 4.64. The summed E-state index contributed by atoms with van der Waals surface area (Å²) in [6.45, 7) is 10.2. The molecule has 0 aliphatic rings. The Kier molecular flexibility index (Phi) is 8.08. The molecule has 1 aromatic heterocycles. The summed E-state index contributed by atoms with van der Waals surface area (Å²) in [5.41, 5.74) is 7.65. The Morgan fingerprint density at radius 1 is 0.838 bits per heavy atom. The molecule has 0 aliphatic heterocycles. The van der Waals surface area contributed by atoms with Crippen molar-refractivity contribution >= 4 is 29.3 Å². The van der Waals surface area contributed by atoms with Crippen molar-refractivity contribution in [3.05, 3.63) is 99.9 Å². The van der Waals surface area contributed by atoms with E-state index in [1.54, 1.807) is 0 Å². The number of nitrogens with zero attached hydrogens (tertiary/aromatic N) is 3. The van der Waals surface area contributed by atoms with E-state index in [0.29, 0.717) is 16.5 Å². The van der Waals surface area contributed by atoms with Gasteiger partial charge in [-0.1, -0.05) is 42.1 Å². The van der Waals surface area contributed by atoms with E-state index in [0.717, 1.165) is 39.2 Å². The first-order valence-electron chi connectivity index (χ1n) is 12.1. The SMILES string of the molecule is Cc1cccc(-n2c(CNC(=O)c3ccc(C)c(C)c3)nnc2SCC(=O)Nc2cc(C)ccc2C)c1. The Morgan fingerprint density at radius 2 is 1.59 bits per heavy atom. The van der Waals surface area contributed by atoms with Gasteiger partial charge in [0.2, 0.25) is 5.91 Å². The van der Waals surface area contributed by atoms with Crippen LogP contribution in [0, 0.1) is 34.6 Å². The first kappa shape index (κ1) is 26.2. The van der Waals surface area contributed by atoms with Crippen molar-refractivity contribution in [3.8, 4) is 5.69 Å². The standard InChI is InChI=1S/C29H31N5O2S/c1-18-7-6-8-24(13-18)34-26(16-30-28(36)23-12-11-20(3)22(5)15-23)32-33-29(34)37-17-27(35)31-25-14-19(2)9-10-21(25)4/h6-15H,16-17H2,1-5H3,(H,30,36)(H,31,35). The second-order valence-electron chi connectivity index (χ2n) is 9.21. The minimum absolute atomic E-state index is 0.123. The maximum absolute atomic E-state index is 12.8. The largest absolute Gasteiger partial charge is 0.345 e. The smallest absolute Gasteiger partial charge is 0.251 e. The van der Waals surface area contributed by atoms with Crippen LogP contribution in [0.4, 0.5) is 5.69 Å². The molecular formula is C29H31N5O2S. The van der Waals surface area contributed by atoms with Crippen molar-refractivity contribution in [1.29, 1.82) is 0 Å². The lowest BCUT2D eigenvalue weighted by atomic mass is 10.1. The average molecular weight is 514 g/mol. The number of benzene rings is 3. The molecule has 0 saturated heterocycles. The molecule has 0 aliphatic carbocycles. The summed E-state index contributed by atoms with van der Waals surface area (Å²) in [5, 5.41) is 15.2. The van der Waals surface area contributed by atoms with E-state index in [4.69, 9.17) is 0 Å². The normalized spacial score (nSPS) is 10.8. The highest BCUT2D eigenvalue weighted by atomic mass is 32.2. The van der Waals surface area contributed by atoms with E-state index in [1.807, 2.05) is 99.8 Å². The lowest BCUT2D eigenvalue weighted by molar-refractivity contribution is -0.113. The second-order valence-corrected chi connectivity index (χ2v) is 10.2. The third kappa shape index (κ3) is 6.46. The number of amides is 2. The summed E-state index contributed by atoms with van der Waals surface area (Å²) in [7, 11) is 0. The minimum Gasteiger partial charge on any atom is -0.345 e. The predicted octanol–water partition coefficient (Wildman–Crippen LogP) is 5.47. The fourth-order valence-electron chi connectivity index (χ4n) is 3.87. The molecule has 0 fully saturated rings. The number of thioether (sulfide) groups is 1. The number of carbonyl (C=O) groups excluding carboxylic acids is 2. The zero-order chi connectivity index (χ0) is 26.5. The van der Waals surface area contributed by atoms with Crippen LogP contribution in [0.5, 0.6) is 0 Å². The van der Waals surface area contributed by atoms with E-state index in [9.17, 15) is 9.59 Å². The Balaban J connectivity index is 1.52. The summed E-state index contributed by atoms with van der Waals surface area (Å²) >= 11 is 1.30. The van der Waals surface area contributed by atoms with Crippen LogP contribution < -0.4 is 10.6 Å². The molecule has 1 heterocycles. The lowest BCUT2D eigenvalue weighted by Gasteiger charge is -2.12. The molecule has 190 valence electrons. The maximum atomic E-state index is 12.8. The molecule has 0 atom stereocenters. The molecule has 2 amide bonds. The fraction of sp³-hybridized carbons (Fsp3) is 0.241. The third-order valence-corrected chi connectivity index (χ3v) is 7.06. The predicted molar refractivity (Wildman–Crippen MR) is 148 cm³/mol. The molecule has 0 unspecified atom stereocenters. The van der Waals surface area contributed by atoms with Gasteiger partial charge in [0.15, 0.2) is 11.0 Å². The van der Waals surface area contributed by atoms with Crippen LogP contribution in [0.3, 0.4) is 0 Å². The van der Waals surface area contributed by atoms with E-state index < -0.39 is 0 Å². The number of anilines is 1. The van der Waals surface area contributed by atoms with Gasteiger partial charge in [-0.25, -0.2) is 0 Å². The van der Waals surface area contributed by atoms with Gasteiger partial charge in [0.25, 0.3) is 5.91 Å². The number of aromatic nitrogens is 3. The number of rotatable bonds is 8. The molecule has 0 radical (unpaired) electrons. The second kappa shape index (κ2) is 11.4. The quantitative estimate of drug-likeness (QED) is 0.305. The van der Waals surface area contributed by atoms with Gasteiger partial charge in [0, 0.05) is 16.9 Å². The highest BCUT2D eigenvalue weighted by Crippen LogP contribution is 2.24. The number of hydrogen-bond donors (Lipinski definition) is 2. The lowest BCUT2D eigenvalue weighted by Crippen LogP contribution is -2.25. The molecule has 7 nitrogen and oxygen atoms in total. The number of aryl methyl sites for hydroxylation is 5. The van der Waals surface area contributed by atoms with E-state index in [-0.39, 0.29) is 24.1 Å². The van der Waals surface area contributed by atoms with Crippen molar-refractivity contribution < 1.29 is 9.59 Å². The van der Waals surface area contributed by atoms with Crippen LogP contribution in [-0.4, -0.2) is 32.3 Å². The van der Waals surface area contributed by atoms with Crippen molar-refractivity contribution in [3.63, 3.8) is 0 Å². The van der Waals surface area contributed by atoms with Gasteiger partial charge >= 0.3 is 0 Å². The van der Waals surface area contributed by atoms with Gasteiger partial charge in [-0.05, 0) is 92.8 Å². The Labute approximate surface area is 221 Å². The van der Waals surface area contributed by atoms with Crippen molar-refractivity contribution in [2.45, 2.75) is 46.3 Å². The summed E-state index contributed by atoms with van der Waals surface area (Å²) in [6, 6.07) is 19.6. The van der Waals surface area contributed by atoms with Crippen LogP contribution in [0.2, 0.25) is 0 Å². The topological polar surface area (TPSA) is 88.9 Å². The van der Waals surface area contributed by atoms with Crippen LogP contribution >= 0.6 is 11.8 Å². The Hall–Kier alpha value is -3.91. The van der Waals surface area contributed by atoms with Crippen LogP contribution in [0.1, 0.15) is 44.0 Å². The molecule has 0 saturated carbocycles. The Bertz CT molecular complexity index is 1460. The highest BCUT2D eigenvalue weighted by Gasteiger charge is 2.18. The van der Waals surface area contributed by atoms with Crippen molar-refractivity contribution in [2.24, 2.45) is 0 Å². The summed E-state index contributed by atoms with van der Waals surface area (Å²) in [5.74, 6) is 0.457. The van der Waals surface area contributed by atoms with E-state index >= 15 is 0 Å². The molecule has 37 heavy (non-hydrogen) atoms. The monoisotopic (exact) mass is 513 g/mol. The molecule has 8 heteroatoms. The van der Waals surface area contributed by atoms with Crippen molar-refractivity contribution in [2.75, 3.05) is 11.1 Å². The maximum Gasteiger partial charge on any atom is 0.251 e. The summed E-state index contributed by atoms with van der Waals surface area (Å²) in [4.78, 5) is 25.5. The van der Waals surface area contributed by atoms with Gasteiger partial charge in [0.1, 0.15) is 0 Å². The number of hydrogen-bond acceptors (Lipinski definition) is 5. The molecule has 3 aromatic carbocycles. The van der Waals surface area contributed by atoms with Gasteiger partial charge < -0.3 is 10.6 Å². The first-order chi connectivity index (χ1) is 17.7. The average Bonchev–Trinajstić information content (AvgIpc) is 3.28. The molecule has 0 bridgehead atoms. The van der Waals surface area contributed by atoms with E-state index in [1.165, 1.54) is 11.8 Å². The van der Waals surface area contributed by atoms with Crippen LogP contribution in [0.15, 0.2) is 65.8 Å². The van der Waals surface area contributed by atoms with Gasteiger partial charge in [-0.15, -0.1) is 10.2 Å². The van der Waals surface area contributed by atoms with Gasteiger partial charge in [-0.3, -0.25) is 14.2 Å². The number of nitrogens with one attached hydrogen (secondary N) is 2. The molecule has 4 aromatic rings. The molecular weight excluding hydrogens is 482 g/mol. The zero-order valence-corrected chi connectivity index (χ0v) is 22.6. The highest BCUT2D eigenvalue weighted by molar-refractivity contribution is 7.99. The van der Waals surface area contributed by atoms with Crippen molar-refractivity contribution in [1.82, 2.24) is 20.1 Å². The summed E-state index contributed by atoms with van der Waals surface area (Å²) < 4.78 is 1.89. The molecule has 0 spiro atoms. The minimum atomic E-state index is -0.177. The van der Waals surface area contributed by atoms with Crippen LogP contribution in [-0.2, 0) is 11.3 Å². The van der Waals surface area contributed by atoms with Crippen LogP contribution in [0.25, 0.3) is 5.69 Å². The van der Waals surface area contributed by atoms with Gasteiger partial charge in [0.05, 0.1) is 12.3 Å². The van der Waals surface area contributed by atoms with E-state index in [2.05, 4.69) is 20.8 Å². The first-order valence-corrected chi connectivity index (χ1v) is 13.1. The zero-order valence-electron chi connectivity index (χ0n) is 21.8. The number of carbonyl (C=O) groups is 2. The van der Waals surface area contributed by atoms with Gasteiger partial charge in [-0.2, -0.15) is 0 Å². The third-order valence-electron chi connectivity index (χ3n) is 6.14. The molecule has 2 N–H and O–H groups in total. The summed E-state index contributed by atoms with van der Waals surface area (Å²) in [6.07, 6.45) is 0. The Morgan fingerprint density at radius 3 is 2.35 bits per heavy atom. The molecule has 4 rings (SSSR count).